The predicted octanol–water partition coefficient (Wildman–Crippen LogP) is 4.49. The van der Waals surface area contributed by atoms with Crippen LogP contribution in [0.15, 0.2) is 48.5 Å². The summed E-state index contributed by atoms with van der Waals surface area (Å²) in [7, 11) is 0. The van der Waals surface area contributed by atoms with Gasteiger partial charge in [0.2, 0.25) is 11.8 Å². The molecule has 0 aromatic heterocycles. The average Bonchev–Trinajstić information content (AvgIpc) is 2.61. The fourth-order valence-corrected chi connectivity index (χ4v) is 3.24. The molecule has 2 amide bonds. The van der Waals surface area contributed by atoms with Gasteiger partial charge in [0.05, 0.1) is 15.7 Å². The van der Waals surface area contributed by atoms with E-state index in [9.17, 15) is 9.59 Å². The second-order valence-electron chi connectivity index (χ2n) is 5.93. The zero-order valence-electron chi connectivity index (χ0n) is 14.7. The smallest absolute Gasteiger partial charge is 0.223 e. The summed E-state index contributed by atoms with van der Waals surface area (Å²) in [5.41, 5.74) is 1.69. The molecule has 0 unspecified atom stereocenters. The topological polar surface area (TPSA) is 49.4 Å². The number of hydrogen-bond donors (Lipinski definition) is 1. The maximum Gasteiger partial charge on any atom is 0.223 e. The van der Waals surface area contributed by atoms with Crippen LogP contribution in [-0.2, 0) is 16.0 Å². The number of para-hydroxylation sites is 1. The molecule has 0 spiro atoms. The number of halogens is 2. The van der Waals surface area contributed by atoms with Gasteiger partial charge in [-0.25, -0.2) is 0 Å². The van der Waals surface area contributed by atoms with Gasteiger partial charge in [0.25, 0.3) is 0 Å². The van der Waals surface area contributed by atoms with E-state index in [2.05, 4.69) is 17.4 Å². The average molecular weight is 393 g/mol. The van der Waals surface area contributed by atoms with E-state index in [0.717, 1.165) is 12.8 Å². The Kier molecular flexibility index (Phi) is 7.95. The molecule has 0 fully saturated rings. The van der Waals surface area contributed by atoms with Crippen LogP contribution >= 0.6 is 23.2 Å². The summed E-state index contributed by atoms with van der Waals surface area (Å²) in [6.45, 7) is 2.25. The highest BCUT2D eigenvalue weighted by molar-refractivity contribution is 6.39. The predicted molar refractivity (Wildman–Crippen MR) is 107 cm³/mol. The summed E-state index contributed by atoms with van der Waals surface area (Å²) in [5, 5.41) is 3.66. The highest BCUT2D eigenvalue weighted by atomic mass is 35.5. The molecular formula is C20H22Cl2N2O2. The molecule has 1 N–H and O–H groups in total. The Balaban J connectivity index is 1.81. The molecule has 0 heterocycles. The highest BCUT2D eigenvalue weighted by Gasteiger charge is 2.18. The second kappa shape index (κ2) is 10.2. The van der Waals surface area contributed by atoms with Crippen molar-refractivity contribution in [3.05, 3.63) is 64.1 Å². The van der Waals surface area contributed by atoms with Crippen LogP contribution < -0.4 is 10.2 Å². The third-order valence-electron chi connectivity index (χ3n) is 3.96. The van der Waals surface area contributed by atoms with Gasteiger partial charge in [0.1, 0.15) is 0 Å². The van der Waals surface area contributed by atoms with Gasteiger partial charge in [-0.05, 0) is 30.5 Å². The number of carbonyl (C=O) groups is 2. The molecule has 0 aliphatic heterocycles. The van der Waals surface area contributed by atoms with Crippen molar-refractivity contribution in [3.8, 4) is 0 Å². The summed E-state index contributed by atoms with van der Waals surface area (Å²) in [6, 6.07) is 15.2. The summed E-state index contributed by atoms with van der Waals surface area (Å²) < 4.78 is 0. The van der Waals surface area contributed by atoms with E-state index in [1.807, 2.05) is 18.2 Å². The minimum absolute atomic E-state index is 0.104. The van der Waals surface area contributed by atoms with Crippen molar-refractivity contribution < 1.29 is 9.59 Å². The van der Waals surface area contributed by atoms with Crippen molar-refractivity contribution in [3.63, 3.8) is 0 Å². The first-order valence-corrected chi connectivity index (χ1v) is 9.27. The molecule has 0 aliphatic carbocycles. The zero-order valence-corrected chi connectivity index (χ0v) is 16.2. The summed E-state index contributed by atoms with van der Waals surface area (Å²) in [5.74, 6) is -0.315. The Morgan fingerprint density at radius 1 is 1.00 bits per heavy atom. The quantitative estimate of drug-likeness (QED) is 0.672. The van der Waals surface area contributed by atoms with Crippen LogP contribution in [0.25, 0.3) is 0 Å². The molecule has 0 saturated carbocycles. The molecule has 138 valence electrons. The Bertz CT molecular complexity index is 730. The van der Waals surface area contributed by atoms with Gasteiger partial charge in [0, 0.05) is 26.4 Å². The first-order chi connectivity index (χ1) is 12.5. The number of amides is 2. The maximum atomic E-state index is 12.1. The van der Waals surface area contributed by atoms with Gasteiger partial charge in [-0.15, -0.1) is 0 Å². The SMILES string of the molecule is CC(=O)N(CCC(=O)NCCCc1ccccc1)c1c(Cl)cccc1Cl. The molecule has 6 heteroatoms. The van der Waals surface area contributed by atoms with Crippen molar-refractivity contribution in [2.24, 2.45) is 0 Å². The zero-order chi connectivity index (χ0) is 18.9. The molecule has 0 atom stereocenters. The molecule has 2 rings (SSSR count). The lowest BCUT2D eigenvalue weighted by atomic mass is 10.1. The molecule has 0 aliphatic rings. The fraction of sp³-hybridized carbons (Fsp3) is 0.300. The van der Waals surface area contributed by atoms with Gasteiger partial charge in [-0.3, -0.25) is 9.59 Å². The van der Waals surface area contributed by atoms with Gasteiger partial charge < -0.3 is 10.2 Å². The molecule has 0 saturated heterocycles. The number of aryl methyl sites for hydroxylation is 1. The minimum Gasteiger partial charge on any atom is -0.356 e. The van der Waals surface area contributed by atoms with Crippen molar-refractivity contribution >= 4 is 40.7 Å². The molecule has 2 aromatic carbocycles. The normalized spacial score (nSPS) is 10.4. The molecule has 0 bridgehead atoms. The summed E-state index contributed by atoms with van der Waals surface area (Å²) in [6.07, 6.45) is 1.96. The third-order valence-corrected chi connectivity index (χ3v) is 4.57. The summed E-state index contributed by atoms with van der Waals surface area (Å²) in [4.78, 5) is 25.5. The standard InChI is InChI=1S/C20H22Cl2N2O2/c1-15(25)24(20-17(21)10-5-11-18(20)22)14-12-19(26)23-13-6-9-16-7-3-2-4-8-16/h2-5,7-8,10-11H,6,9,12-14H2,1H3,(H,23,26). The fourth-order valence-electron chi connectivity index (χ4n) is 2.64. The van der Waals surface area contributed by atoms with Crippen molar-refractivity contribution in [1.29, 1.82) is 0 Å². The number of carbonyl (C=O) groups excluding carboxylic acids is 2. The van der Waals surface area contributed by atoms with E-state index in [4.69, 9.17) is 23.2 Å². The van der Waals surface area contributed by atoms with Crippen molar-refractivity contribution in [1.82, 2.24) is 5.32 Å². The number of hydrogen-bond acceptors (Lipinski definition) is 2. The van der Waals surface area contributed by atoms with Gasteiger partial charge in [0.15, 0.2) is 0 Å². The number of nitrogens with zero attached hydrogens (tertiary/aromatic N) is 1. The lowest BCUT2D eigenvalue weighted by Crippen LogP contribution is -2.34. The van der Waals surface area contributed by atoms with Crippen LogP contribution in [0.5, 0.6) is 0 Å². The molecular weight excluding hydrogens is 371 g/mol. The highest BCUT2D eigenvalue weighted by Crippen LogP contribution is 2.33. The molecule has 2 aromatic rings. The summed E-state index contributed by atoms with van der Waals surface area (Å²) >= 11 is 12.3. The van der Waals surface area contributed by atoms with E-state index in [1.165, 1.54) is 17.4 Å². The Morgan fingerprint density at radius 3 is 2.27 bits per heavy atom. The van der Waals surface area contributed by atoms with Crippen LogP contribution in [0, 0.1) is 0 Å². The van der Waals surface area contributed by atoms with Crippen molar-refractivity contribution in [2.75, 3.05) is 18.0 Å². The Morgan fingerprint density at radius 2 is 1.65 bits per heavy atom. The van der Waals surface area contributed by atoms with Gasteiger partial charge in [-0.1, -0.05) is 59.6 Å². The second-order valence-corrected chi connectivity index (χ2v) is 6.74. The number of anilines is 1. The minimum atomic E-state index is -0.211. The van der Waals surface area contributed by atoms with Gasteiger partial charge >= 0.3 is 0 Å². The monoisotopic (exact) mass is 392 g/mol. The lowest BCUT2D eigenvalue weighted by Gasteiger charge is -2.23. The third kappa shape index (κ3) is 6.04. The van der Waals surface area contributed by atoms with Crippen molar-refractivity contribution in [2.45, 2.75) is 26.2 Å². The first kappa shape index (κ1) is 20.3. The lowest BCUT2D eigenvalue weighted by molar-refractivity contribution is -0.121. The van der Waals surface area contributed by atoms with E-state index in [1.54, 1.807) is 18.2 Å². The Labute approximate surface area is 164 Å². The largest absolute Gasteiger partial charge is 0.356 e. The van der Waals surface area contributed by atoms with Crippen LogP contribution in [0.1, 0.15) is 25.3 Å². The van der Waals surface area contributed by atoms with Crippen LogP contribution in [-0.4, -0.2) is 24.9 Å². The number of rotatable bonds is 8. The maximum absolute atomic E-state index is 12.1. The van der Waals surface area contributed by atoms with Crippen LogP contribution in [0.4, 0.5) is 5.69 Å². The van der Waals surface area contributed by atoms with Gasteiger partial charge in [-0.2, -0.15) is 0 Å². The Hall–Kier alpha value is -2.04. The van der Waals surface area contributed by atoms with Crippen LogP contribution in [0.2, 0.25) is 10.0 Å². The first-order valence-electron chi connectivity index (χ1n) is 8.52. The van der Waals surface area contributed by atoms with E-state index in [-0.39, 0.29) is 24.8 Å². The van der Waals surface area contributed by atoms with E-state index in [0.29, 0.717) is 22.3 Å². The molecule has 26 heavy (non-hydrogen) atoms. The van der Waals surface area contributed by atoms with E-state index < -0.39 is 0 Å². The molecule has 0 radical (unpaired) electrons. The number of nitrogens with one attached hydrogen (secondary N) is 1. The molecule has 4 nitrogen and oxygen atoms in total. The van der Waals surface area contributed by atoms with E-state index >= 15 is 0 Å². The van der Waals surface area contributed by atoms with Crippen LogP contribution in [0.3, 0.4) is 0 Å². The number of benzene rings is 2.